The van der Waals surface area contributed by atoms with Crippen LogP contribution in [0.25, 0.3) is 0 Å². The third-order valence-electron chi connectivity index (χ3n) is 3.73. The fraction of sp³-hybridized carbons (Fsp3) is 0.158. The van der Waals surface area contributed by atoms with Crippen molar-refractivity contribution in [3.63, 3.8) is 0 Å². The number of carbonyl (C=O) groups excluding carboxylic acids is 1. The average molecular weight is 480 g/mol. The van der Waals surface area contributed by atoms with E-state index in [0.29, 0.717) is 43.9 Å². The Morgan fingerprint density at radius 2 is 2.23 bits per heavy atom. The highest BCUT2D eigenvalue weighted by molar-refractivity contribution is 7.99. The molecule has 0 unspecified atom stereocenters. The van der Waals surface area contributed by atoms with Crippen molar-refractivity contribution < 1.29 is 9.53 Å². The van der Waals surface area contributed by atoms with Crippen molar-refractivity contribution in [2.24, 2.45) is 0 Å². The van der Waals surface area contributed by atoms with Crippen molar-refractivity contribution in [1.82, 2.24) is 14.8 Å². The summed E-state index contributed by atoms with van der Waals surface area (Å²) < 4.78 is 7.53. The molecule has 1 aromatic carbocycles. The largest absolute Gasteiger partial charge is 0.484 e. The molecular formula is C19H15Cl2N5O2S2. The first-order valence-electron chi connectivity index (χ1n) is 8.53. The van der Waals surface area contributed by atoms with Gasteiger partial charge in [0.15, 0.2) is 11.0 Å². The van der Waals surface area contributed by atoms with Gasteiger partial charge in [-0.1, -0.05) is 41.0 Å². The second kappa shape index (κ2) is 10.5. The van der Waals surface area contributed by atoms with Crippen LogP contribution >= 0.6 is 46.3 Å². The van der Waals surface area contributed by atoms with E-state index in [-0.39, 0.29) is 18.3 Å². The molecule has 3 aromatic rings. The lowest BCUT2D eigenvalue weighted by molar-refractivity contribution is -0.113. The van der Waals surface area contributed by atoms with Crippen LogP contribution in [0.2, 0.25) is 10.0 Å². The zero-order chi connectivity index (χ0) is 21.5. The molecule has 0 spiro atoms. The number of hydrogen-bond acceptors (Lipinski definition) is 7. The average Bonchev–Trinajstić information content (AvgIpc) is 3.34. The molecule has 0 aliphatic rings. The number of hydrogen-bond donors (Lipinski definition) is 1. The molecule has 7 nitrogen and oxygen atoms in total. The zero-order valence-electron chi connectivity index (χ0n) is 15.5. The summed E-state index contributed by atoms with van der Waals surface area (Å²) >= 11 is 14.6. The molecular weight excluding hydrogens is 465 g/mol. The molecule has 0 atom stereocenters. The SMILES string of the molecule is C=CCn1c(COc2cc(Cl)ccc2Cl)nnc1SCC(=O)Nc1sccc1C#N. The molecule has 1 amide bonds. The van der Waals surface area contributed by atoms with Gasteiger partial charge in [0.2, 0.25) is 5.91 Å². The number of aromatic nitrogens is 3. The Bertz CT molecular complexity index is 1110. The number of benzene rings is 1. The molecule has 0 radical (unpaired) electrons. The fourth-order valence-electron chi connectivity index (χ4n) is 2.36. The molecule has 2 heterocycles. The summed E-state index contributed by atoms with van der Waals surface area (Å²) in [5.41, 5.74) is 0.437. The number of thioether (sulfide) groups is 1. The Balaban J connectivity index is 1.65. The Labute approximate surface area is 191 Å². The van der Waals surface area contributed by atoms with E-state index in [1.807, 2.05) is 6.07 Å². The molecule has 2 aromatic heterocycles. The summed E-state index contributed by atoms with van der Waals surface area (Å²) in [7, 11) is 0. The number of ether oxygens (including phenoxy) is 1. The van der Waals surface area contributed by atoms with E-state index in [2.05, 4.69) is 22.1 Å². The lowest BCUT2D eigenvalue weighted by atomic mass is 10.3. The second-order valence-electron chi connectivity index (χ2n) is 5.77. The minimum Gasteiger partial charge on any atom is -0.484 e. The van der Waals surface area contributed by atoms with Gasteiger partial charge in [-0.3, -0.25) is 9.36 Å². The molecule has 11 heteroatoms. The number of rotatable bonds is 9. The number of nitrogens with zero attached hydrogens (tertiary/aromatic N) is 4. The van der Waals surface area contributed by atoms with Gasteiger partial charge in [0.1, 0.15) is 23.4 Å². The number of anilines is 1. The summed E-state index contributed by atoms with van der Waals surface area (Å²) in [6.45, 7) is 4.32. The van der Waals surface area contributed by atoms with Crippen LogP contribution in [0.4, 0.5) is 5.00 Å². The molecule has 30 heavy (non-hydrogen) atoms. The van der Waals surface area contributed by atoms with E-state index in [9.17, 15) is 4.79 Å². The van der Waals surface area contributed by atoms with Crippen LogP contribution in [0.3, 0.4) is 0 Å². The summed E-state index contributed by atoms with van der Waals surface area (Å²) in [5.74, 6) is 0.864. The molecule has 0 saturated carbocycles. The van der Waals surface area contributed by atoms with Crippen LogP contribution < -0.4 is 10.1 Å². The number of nitrogens with one attached hydrogen (secondary N) is 1. The van der Waals surface area contributed by atoms with Gasteiger partial charge in [0, 0.05) is 17.6 Å². The van der Waals surface area contributed by atoms with Gasteiger partial charge in [0.25, 0.3) is 0 Å². The molecule has 154 valence electrons. The lowest BCUT2D eigenvalue weighted by Crippen LogP contribution is -2.14. The first-order chi connectivity index (χ1) is 14.5. The third kappa shape index (κ3) is 5.55. The first kappa shape index (κ1) is 22.2. The van der Waals surface area contributed by atoms with Gasteiger partial charge >= 0.3 is 0 Å². The molecule has 0 aliphatic carbocycles. The molecule has 3 rings (SSSR count). The Hall–Kier alpha value is -2.51. The van der Waals surface area contributed by atoms with E-state index in [1.165, 1.54) is 23.1 Å². The molecule has 0 fully saturated rings. The predicted octanol–water partition coefficient (Wildman–Crippen LogP) is 5.01. The summed E-state index contributed by atoms with van der Waals surface area (Å²) in [6, 6.07) is 8.65. The normalized spacial score (nSPS) is 10.4. The van der Waals surface area contributed by atoms with Crippen LogP contribution in [0.5, 0.6) is 5.75 Å². The maximum Gasteiger partial charge on any atom is 0.235 e. The third-order valence-corrected chi connectivity index (χ3v) is 6.07. The highest BCUT2D eigenvalue weighted by Crippen LogP contribution is 2.29. The van der Waals surface area contributed by atoms with Crippen LogP contribution in [0.1, 0.15) is 11.4 Å². The summed E-state index contributed by atoms with van der Waals surface area (Å²) in [6.07, 6.45) is 1.70. The Morgan fingerprint density at radius 1 is 1.40 bits per heavy atom. The highest BCUT2D eigenvalue weighted by atomic mass is 35.5. The monoisotopic (exact) mass is 479 g/mol. The minimum atomic E-state index is -0.240. The van der Waals surface area contributed by atoms with Gasteiger partial charge in [-0.25, -0.2) is 0 Å². The van der Waals surface area contributed by atoms with E-state index >= 15 is 0 Å². The number of carbonyl (C=O) groups is 1. The van der Waals surface area contributed by atoms with Crippen molar-refractivity contribution in [2.45, 2.75) is 18.3 Å². The van der Waals surface area contributed by atoms with Crippen molar-refractivity contribution in [3.8, 4) is 11.8 Å². The maximum absolute atomic E-state index is 12.2. The Kier molecular flexibility index (Phi) is 7.76. The standard InChI is InChI=1S/C19H15Cl2N5O2S2/c1-2-6-26-16(10-28-15-8-13(20)3-4-14(15)21)24-25-19(26)30-11-17(27)23-18-12(9-22)5-7-29-18/h2-5,7-8H,1,6,10-11H2,(H,23,27). The van der Waals surface area contributed by atoms with Crippen molar-refractivity contribution in [3.05, 3.63) is 63.7 Å². The van der Waals surface area contributed by atoms with E-state index < -0.39 is 0 Å². The van der Waals surface area contributed by atoms with Gasteiger partial charge < -0.3 is 10.1 Å². The number of thiophene rings is 1. The van der Waals surface area contributed by atoms with Crippen molar-refractivity contribution in [1.29, 1.82) is 5.26 Å². The first-order valence-corrected chi connectivity index (χ1v) is 11.1. The van der Waals surface area contributed by atoms with Gasteiger partial charge in [-0.2, -0.15) is 5.26 Å². The van der Waals surface area contributed by atoms with Crippen LogP contribution in [-0.4, -0.2) is 26.4 Å². The number of allylic oxidation sites excluding steroid dienone is 1. The quantitative estimate of drug-likeness (QED) is 0.342. The van der Waals surface area contributed by atoms with E-state index in [4.69, 9.17) is 33.2 Å². The van der Waals surface area contributed by atoms with Crippen molar-refractivity contribution >= 4 is 57.2 Å². The number of nitriles is 1. The number of amides is 1. The highest BCUT2D eigenvalue weighted by Gasteiger charge is 2.16. The zero-order valence-corrected chi connectivity index (χ0v) is 18.6. The predicted molar refractivity (Wildman–Crippen MR) is 119 cm³/mol. The van der Waals surface area contributed by atoms with Gasteiger partial charge in [0.05, 0.1) is 16.3 Å². The molecule has 0 aliphatic heterocycles. The van der Waals surface area contributed by atoms with E-state index in [1.54, 1.807) is 40.3 Å². The maximum atomic E-state index is 12.2. The Morgan fingerprint density at radius 3 is 3.00 bits per heavy atom. The van der Waals surface area contributed by atoms with Crippen LogP contribution in [0, 0.1) is 11.3 Å². The molecule has 1 N–H and O–H groups in total. The number of halogens is 2. The van der Waals surface area contributed by atoms with Crippen molar-refractivity contribution in [2.75, 3.05) is 11.1 Å². The minimum absolute atomic E-state index is 0.110. The lowest BCUT2D eigenvalue weighted by Gasteiger charge is -2.10. The van der Waals surface area contributed by atoms with Crippen LogP contribution in [-0.2, 0) is 17.9 Å². The smallest absolute Gasteiger partial charge is 0.235 e. The topological polar surface area (TPSA) is 92.8 Å². The van der Waals surface area contributed by atoms with Gasteiger partial charge in [-0.05, 0) is 23.6 Å². The van der Waals surface area contributed by atoms with E-state index in [0.717, 1.165) is 0 Å². The van der Waals surface area contributed by atoms with Gasteiger partial charge in [-0.15, -0.1) is 28.1 Å². The molecule has 0 bridgehead atoms. The molecule has 0 saturated heterocycles. The fourth-order valence-corrected chi connectivity index (χ4v) is 4.22. The summed E-state index contributed by atoms with van der Waals surface area (Å²) in [5, 5.41) is 23.8. The second-order valence-corrected chi connectivity index (χ2v) is 8.48. The van der Waals surface area contributed by atoms with Crippen LogP contribution in [0.15, 0.2) is 47.5 Å². The summed E-state index contributed by atoms with van der Waals surface area (Å²) in [4.78, 5) is 12.2.